The molecule has 19 heavy (non-hydrogen) atoms. The average Bonchev–Trinajstić information content (AvgIpc) is 2.93. The third-order valence-electron chi connectivity index (χ3n) is 4.55. The van der Waals surface area contributed by atoms with E-state index >= 15 is 0 Å². The second kappa shape index (κ2) is 8.20. The van der Waals surface area contributed by atoms with Gasteiger partial charge >= 0.3 is 0 Å². The maximum Gasteiger partial charge on any atom is 0.0823 e. The molecule has 2 rings (SSSR count). The zero-order valence-corrected chi connectivity index (χ0v) is 12.5. The van der Waals surface area contributed by atoms with Crippen molar-refractivity contribution in [3.05, 3.63) is 0 Å². The highest BCUT2D eigenvalue weighted by Gasteiger charge is 2.24. The second-order valence-corrected chi connectivity index (χ2v) is 6.06. The number of nitrogens with two attached hydrogens (primary N) is 1. The van der Waals surface area contributed by atoms with Crippen molar-refractivity contribution in [3.63, 3.8) is 0 Å². The van der Waals surface area contributed by atoms with Crippen LogP contribution in [0.2, 0.25) is 0 Å². The van der Waals surface area contributed by atoms with Crippen molar-refractivity contribution in [2.45, 2.75) is 38.7 Å². The molecule has 0 aliphatic carbocycles. The van der Waals surface area contributed by atoms with Crippen molar-refractivity contribution in [2.24, 2.45) is 11.7 Å². The first-order chi connectivity index (χ1) is 9.31. The van der Waals surface area contributed by atoms with Crippen LogP contribution in [0.1, 0.15) is 32.6 Å². The third-order valence-corrected chi connectivity index (χ3v) is 4.55. The standard InChI is InChI=1S/C15H31N3O/c1-2-19-15(11-16)13-18-9-5-14(6-10-18)12-17-7-3-4-8-17/h14-15H,2-13,16H2,1H3. The molecule has 2 fully saturated rings. The summed E-state index contributed by atoms with van der Waals surface area (Å²) in [5.41, 5.74) is 5.75. The number of hydrogen-bond acceptors (Lipinski definition) is 4. The molecule has 1 atom stereocenters. The topological polar surface area (TPSA) is 41.7 Å². The Bertz CT molecular complexity index is 236. The Kier molecular flexibility index (Phi) is 6.57. The predicted octanol–water partition coefficient (Wildman–Crippen LogP) is 1.16. The summed E-state index contributed by atoms with van der Waals surface area (Å²) in [6, 6.07) is 0. The summed E-state index contributed by atoms with van der Waals surface area (Å²) < 4.78 is 5.65. The summed E-state index contributed by atoms with van der Waals surface area (Å²) in [6.07, 6.45) is 5.73. The average molecular weight is 269 g/mol. The van der Waals surface area contributed by atoms with Gasteiger partial charge < -0.3 is 20.3 Å². The van der Waals surface area contributed by atoms with Crippen molar-refractivity contribution in [1.82, 2.24) is 9.80 Å². The second-order valence-electron chi connectivity index (χ2n) is 6.06. The Morgan fingerprint density at radius 1 is 1.11 bits per heavy atom. The molecule has 2 heterocycles. The molecular weight excluding hydrogens is 238 g/mol. The molecule has 4 heteroatoms. The lowest BCUT2D eigenvalue weighted by atomic mass is 9.96. The van der Waals surface area contributed by atoms with Gasteiger partial charge in [-0.1, -0.05) is 0 Å². The molecule has 112 valence electrons. The quantitative estimate of drug-likeness (QED) is 0.753. The van der Waals surface area contributed by atoms with E-state index in [1.165, 1.54) is 58.4 Å². The van der Waals surface area contributed by atoms with Crippen LogP contribution in [0, 0.1) is 5.92 Å². The van der Waals surface area contributed by atoms with E-state index in [2.05, 4.69) is 9.80 Å². The largest absolute Gasteiger partial charge is 0.376 e. The molecular formula is C15H31N3O. The van der Waals surface area contributed by atoms with Crippen LogP contribution >= 0.6 is 0 Å². The first kappa shape index (κ1) is 15.2. The lowest BCUT2D eigenvalue weighted by Gasteiger charge is -2.35. The minimum absolute atomic E-state index is 0.222. The van der Waals surface area contributed by atoms with Crippen LogP contribution in [0.3, 0.4) is 0 Å². The molecule has 0 bridgehead atoms. The number of hydrogen-bond donors (Lipinski definition) is 1. The third kappa shape index (κ3) is 5.03. The number of likely N-dealkylation sites (tertiary alicyclic amines) is 2. The van der Waals surface area contributed by atoms with Crippen LogP contribution in [0.15, 0.2) is 0 Å². The summed E-state index contributed by atoms with van der Waals surface area (Å²) in [6.45, 7) is 10.9. The van der Waals surface area contributed by atoms with Crippen molar-refractivity contribution in [3.8, 4) is 0 Å². The Morgan fingerprint density at radius 3 is 2.37 bits per heavy atom. The minimum atomic E-state index is 0.222. The van der Waals surface area contributed by atoms with Crippen molar-refractivity contribution < 1.29 is 4.74 Å². The van der Waals surface area contributed by atoms with Gasteiger partial charge in [0.05, 0.1) is 6.10 Å². The van der Waals surface area contributed by atoms with Gasteiger partial charge in [-0.3, -0.25) is 0 Å². The number of rotatable bonds is 7. The molecule has 0 saturated carbocycles. The smallest absolute Gasteiger partial charge is 0.0823 e. The molecule has 2 aliphatic heterocycles. The fourth-order valence-corrected chi connectivity index (χ4v) is 3.40. The summed E-state index contributed by atoms with van der Waals surface area (Å²) in [4.78, 5) is 5.19. The van der Waals surface area contributed by atoms with E-state index in [-0.39, 0.29) is 6.10 Å². The van der Waals surface area contributed by atoms with Gasteiger partial charge in [0.25, 0.3) is 0 Å². The van der Waals surface area contributed by atoms with Crippen molar-refractivity contribution in [2.75, 3.05) is 52.4 Å². The van der Waals surface area contributed by atoms with E-state index in [9.17, 15) is 0 Å². The van der Waals surface area contributed by atoms with Crippen LogP contribution < -0.4 is 5.73 Å². The van der Waals surface area contributed by atoms with Gasteiger partial charge in [-0.2, -0.15) is 0 Å². The SMILES string of the molecule is CCOC(CN)CN1CCC(CN2CCCC2)CC1. The maximum absolute atomic E-state index is 5.75. The highest BCUT2D eigenvalue weighted by atomic mass is 16.5. The lowest BCUT2D eigenvalue weighted by molar-refractivity contribution is 0.0284. The Balaban J connectivity index is 1.63. The van der Waals surface area contributed by atoms with E-state index in [1.54, 1.807) is 0 Å². The van der Waals surface area contributed by atoms with Crippen LogP contribution in [0.5, 0.6) is 0 Å². The van der Waals surface area contributed by atoms with Gasteiger partial charge in [-0.15, -0.1) is 0 Å². The van der Waals surface area contributed by atoms with E-state index in [4.69, 9.17) is 10.5 Å². The van der Waals surface area contributed by atoms with E-state index in [1.807, 2.05) is 6.92 Å². The molecule has 0 amide bonds. The fraction of sp³-hybridized carbons (Fsp3) is 1.00. The van der Waals surface area contributed by atoms with Gasteiger partial charge in [-0.25, -0.2) is 0 Å². The zero-order chi connectivity index (χ0) is 13.5. The molecule has 0 radical (unpaired) electrons. The van der Waals surface area contributed by atoms with Gasteiger partial charge in [0.15, 0.2) is 0 Å². The summed E-state index contributed by atoms with van der Waals surface area (Å²) in [7, 11) is 0. The summed E-state index contributed by atoms with van der Waals surface area (Å²) in [5, 5.41) is 0. The zero-order valence-electron chi connectivity index (χ0n) is 12.5. The number of ether oxygens (including phenoxy) is 1. The van der Waals surface area contributed by atoms with E-state index in [0.717, 1.165) is 19.1 Å². The molecule has 0 aromatic carbocycles. The molecule has 2 aliphatic rings. The molecule has 0 aromatic rings. The Morgan fingerprint density at radius 2 is 1.79 bits per heavy atom. The van der Waals surface area contributed by atoms with Crippen LogP contribution in [-0.4, -0.2) is 68.3 Å². The fourth-order valence-electron chi connectivity index (χ4n) is 3.40. The highest BCUT2D eigenvalue weighted by Crippen LogP contribution is 2.20. The first-order valence-corrected chi connectivity index (χ1v) is 8.08. The van der Waals surface area contributed by atoms with Crippen LogP contribution in [-0.2, 0) is 4.74 Å². The van der Waals surface area contributed by atoms with Crippen LogP contribution in [0.25, 0.3) is 0 Å². The van der Waals surface area contributed by atoms with E-state index in [0.29, 0.717) is 6.54 Å². The normalized spacial score (nSPS) is 24.9. The first-order valence-electron chi connectivity index (χ1n) is 8.08. The number of piperidine rings is 1. The summed E-state index contributed by atoms with van der Waals surface area (Å²) in [5.74, 6) is 0.915. The van der Waals surface area contributed by atoms with Gasteiger partial charge in [0.1, 0.15) is 0 Å². The maximum atomic E-state index is 5.75. The lowest BCUT2D eigenvalue weighted by Crippen LogP contribution is -2.43. The molecule has 1 unspecified atom stereocenters. The highest BCUT2D eigenvalue weighted by molar-refractivity contribution is 4.78. The van der Waals surface area contributed by atoms with Gasteiger partial charge in [-0.05, 0) is 64.7 Å². The Labute approximate surface area is 118 Å². The Hall–Kier alpha value is -0.160. The molecule has 2 N–H and O–H groups in total. The number of nitrogens with zero attached hydrogens (tertiary/aromatic N) is 2. The van der Waals surface area contributed by atoms with Gasteiger partial charge in [0, 0.05) is 26.2 Å². The van der Waals surface area contributed by atoms with Crippen molar-refractivity contribution in [1.29, 1.82) is 0 Å². The summed E-state index contributed by atoms with van der Waals surface area (Å²) >= 11 is 0. The molecule has 2 saturated heterocycles. The monoisotopic (exact) mass is 269 g/mol. The minimum Gasteiger partial charge on any atom is -0.376 e. The molecule has 4 nitrogen and oxygen atoms in total. The van der Waals surface area contributed by atoms with Gasteiger partial charge in [0.2, 0.25) is 0 Å². The predicted molar refractivity (Wildman–Crippen MR) is 79.3 cm³/mol. The van der Waals surface area contributed by atoms with Crippen LogP contribution in [0.4, 0.5) is 0 Å². The molecule has 0 aromatic heterocycles. The van der Waals surface area contributed by atoms with Crippen molar-refractivity contribution >= 4 is 0 Å². The van der Waals surface area contributed by atoms with E-state index < -0.39 is 0 Å². The molecule has 0 spiro atoms.